The highest BCUT2D eigenvalue weighted by Gasteiger charge is 2.35. The first-order valence-electron chi connectivity index (χ1n) is 10.2. The molecule has 0 N–H and O–H groups in total. The molecule has 0 aromatic carbocycles. The van der Waals surface area contributed by atoms with E-state index in [1.165, 1.54) is 4.88 Å². The minimum atomic E-state index is 0.00623. The maximum atomic E-state index is 13.2. The molecule has 8 heteroatoms. The Morgan fingerprint density at radius 1 is 1.10 bits per heavy atom. The molecule has 30 heavy (non-hydrogen) atoms. The second-order valence-corrected chi connectivity index (χ2v) is 9.61. The third kappa shape index (κ3) is 4.08. The van der Waals surface area contributed by atoms with Crippen molar-refractivity contribution in [1.29, 1.82) is 0 Å². The second-order valence-electron chi connectivity index (χ2n) is 7.68. The Hall–Kier alpha value is -2.42. The number of hydrazone groups is 1. The molecule has 5 heterocycles. The van der Waals surface area contributed by atoms with Gasteiger partial charge >= 0.3 is 0 Å². The monoisotopic (exact) mass is 437 g/mol. The summed E-state index contributed by atoms with van der Waals surface area (Å²) in [4.78, 5) is 26.5. The molecule has 0 bridgehead atoms. The standard InChI is InChI=1S/C22H23N5OS2/c28-22(15-26-9-5-16(6-10-26)18-14-23-7-8-24-18)27-19(21-4-2-12-30-21)13-17(25-27)20-3-1-11-29-20/h1-4,7-8,11-12,14,16,19H,5-6,9-10,13,15H2. The lowest BCUT2D eigenvalue weighted by Gasteiger charge is -2.32. The van der Waals surface area contributed by atoms with Crippen molar-refractivity contribution in [2.45, 2.75) is 31.2 Å². The second kappa shape index (κ2) is 8.75. The fraction of sp³-hybridized carbons (Fsp3) is 0.364. The molecule has 1 fully saturated rings. The largest absolute Gasteiger partial charge is 0.294 e. The van der Waals surface area contributed by atoms with Crippen LogP contribution in [-0.2, 0) is 4.79 Å². The Balaban J connectivity index is 1.26. The molecule has 3 aromatic rings. The van der Waals surface area contributed by atoms with Gasteiger partial charge in [-0.05, 0) is 48.8 Å². The van der Waals surface area contributed by atoms with Crippen molar-refractivity contribution in [3.05, 3.63) is 69.1 Å². The van der Waals surface area contributed by atoms with Gasteiger partial charge in [0.1, 0.15) is 0 Å². The Kier molecular flexibility index (Phi) is 5.70. The molecule has 0 radical (unpaired) electrons. The molecule has 154 valence electrons. The zero-order valence-corrected chi connectivity index (χ0v) is 18.2. The smallest absolute Gasteiger partial charge is 0.257 e. The summed E-state index contributed by atoms with van der Waals surface area (Å²) in [5.41, 5.74) is 2.07. The van der Waals surface area contributed by atoms with E-state index in [0.29, 0.717) is 12.5 Å². The Bertz CT molecular complexity index is 996. The highest BCUT2D eigenvalue weighted by atomic mass is 32.1. The molecule has 6 nitrogen and oxygen atoms in total. The van der Waals surface area contributed by atoms with Crippen molar-refractivity contribution in [1.82, 2.24) is 19.9 Å². The maximum absolute atomic E-state index is 13.2. The number of hydrogen-bond acceptors (Lipinski definition) is 7. The lowest BCUT2D eigenvalue weighted by atomic mass is 9.94. The van der Waals surface area contributed by atoms with Crippen LogP contribution < -0.4 is 0 Å². The zero-order chi connectivity index (χ0) is 20.3. The van der Waals surface area contributed by atoms with Crippen LogP contribution in [0.4, 0.5) is 0 Å². The average molecular weight is 438 g/mol. The summed E-state index contributed by atoms with van der Waals surface area (Å²) in [6.45, 7) is 2.20. The lowest BCUT2D eigenvalue weighted by molar-refractivity contribution is -0.134. The lowest BCUT2D eigenvalue weighted by Crippen LogP contribution is -2.41. The molecular weight excluding hydrogens is 414 g/mol. The Morgan fingerprint density at radius 3 is 2.63 bits per heavy atom. The molecule has 1 amide bonds. The van der Waals surface area contributed by atoms with Crippen LogP contribution >= 0.6 is 22.7 Å². The average Bonchev–Trinajstić information content (AvgIpc) is 3.56. The van der Waals surface area contributed by atoms with Crippen LogP contribution in [0.25, 0.3) is 0 Å². The molecule has 2 aliphatic rings. The molecule has 1 atom stereocenters. The van der Waals surface area contributed by atoms with Crippen molar-refractivity contribution < 1.29 is 4.79 Å². The fourth-order valence-corrected chi connectivity index (χ4v) is 5.74. The van der Waals surface area contributed by atoms with E-state index in [4.69, 9.17) is 5.10 Å². The summed E-state index contributed by atoms with van der Waals surface area (Å²) in [5, 5.41) is 10.6. The van der Waals surface area contributed by atoms with Gasteiger partial charge in [-0.1, -0.05) is 12.1 Å². The van der Waals surface area contributed by atoms with Crippen molar-refractivity contribution in [3.63, 3.8) is 0 Å². The number of carbonyl (C=O) groups is 1. The predicted octanol–water partition coefficient (Wildman–Crippen LogP) is 4.16. The van der Waals surface area contributed by atoms with Crippen LogP contribution in [0.15, 0.2) is 58.7 Å². The minimum absolute atomic E-state index is 0.00623. The van der Waals surface area contributed by atoms with Crippen LogP contribution in [0, 0.1) is 0 Å². The number of aromatic nitrogens is 2. The van der Waals surface area contributed by atoms with Crippen LogP contribution in [0.2, 0.25) is 0 Å². The summed E-state index contributed by atoms with van der Waals surface area (Å²) in [5.74, 6) is 0.511. The van der Waals surface area contributed by atoms with Crippen molar-refractivity contribution in [2.75, 3.05) is 19.6 Å². The van der Waals surface area contributed by atoms with Gasteiger partial charge in [0.05, 0.1) is 28.9 Å². The highest BCUT2D eigenvalue weighted by Crippen LogP contribution is 2.36. The van der Waals surface area contributed by atoms with E-state index in [0.717, 1.165) is 48.6 Å². The molecule has 1 saturated heterocycles. The van der Waals surface area contributed by atoms with Gasteiger partial charge in [-0.15, -0.1) is 22.7 Å². The van der Waals surface area contributed by atoms with Gasteiger partial charge < -0.3 is 0 Å². The summed E-state index contributed by atoms with van der Waals surface area (Å²) < 4.78 is 0. The van der Waals surface area contributed by atoms with Gasteiger partial charge in [0, 0.05) is 35.8 Å². The van der Waals surface area contributed by atoms with Crippen LogP contribution in [0.3, 0.4) is 0 Å². The molecule has 0 spiro atoms. The molecule has 0 aliphatic carbocycles. The summed E-state index contributed by atoms with van der Waals surface area (Å²) in [6, 6.07) is 8.28. The first kappa shape index (κ1) is 19.5. The number of thiophene rings is 2. The van der Waals surface area contributed by atoms with Crippen LogP contribution in [-0.4, -0.2) is 51.1 Å². The third-order valence-electron chi connectivity index (χ3n) is 5.79. The SMILES string of the molecule is O=C(CN1CCC(c2cnccn2)CC1)N1N=C(c2cccs2)CC1c1cccs1. The van der Waals surface area contributed by atoms with Crippen molar-refractivity contribution >= 4 is 34.3 Å². The van der Waals surface area contributed by atoms with Gasteiger partial charge in [0.15, 0.2) is 0 Å². The zero-order valence-electron chi connectivity index (χ0n) is 16.6. The molecule has 5 rings (SSSR count). The number of rotatable bonds is 5. The van der Waals surface area contributed by atoms with Gasteiger partial charge in [0.2, 0.25) is 0 Å². The van der Waals surface area contributed by atoms with E-state index < -0.39 is 0 Å². The molecule has 1 unspecified atom stereocenters. The van der Waals surface area contributed by atoms with Gasteiger partial charge in [-0.2, -0.15) is 5.10 Å². The topological polar surface area (TPSA) is 61.7 Å². The Morgan fingerprint density at radius 2 is 1.93 bits per heavy atom. The molecule has 2 aliphatic heterocycles. The van der Waals surface area contributed by atoms with Gasteiger partial charge in [-0.3, -0.25) is 19.7 Å². The van der Waals surface area contributed by atoms with Crippen molar-refractivity contribution in [3.8, 4) is 0 Å². The number of carbonyl (C=O) groups excluding carboxylic acids is 1. The van der Waals surface area contributed by atoms with Crippen LogP contribution in [0.5, 0.6) is 0 Å². The van der Waals surface area contributed by atoms with E-state index in [1.807, 2.05) is 18.3 Å². The number of piperidine rings is 1. The van der Waals surface area contributed by atoms with E-state index in [9.17, 15) is 4.79 Å². The van der Waals surface area contributed by atoms with Crippen molar-refractivity contribution in [2.24, 2.45) is 5.10 Å². The minimum Gasteiger partial charge on any atom is -0.294 e. The summed E-state index contributed by atoms with van der Waals surface area (Å²) in [7, 11) is 0. The maximum Gasteiger partial charge on any atom is 0.257 e. The van der Waals surface area contributed by atoms with E-state index >= 15 is 0 Å². The third-order valence-corrected chi connectivity index (χ3v) is 7.68. The first-order valence-corrected chi connectivity index (χ1v) is 12.0. The molecule has 3 aromatic heterocycles. The first-order chi connectivity index (χ1) is 14.8. The fourth-order valence-electron chi connectivity index (χ4n) is 4.21. The van der Waals surface area contributed by atoms with Gasteiger partial charge in [-0.25, -0.2) is 5.01 Å². The van der Waals surface area contributed by atoms with Crippen LogP contribution in [0.1, 0.15) is 46.7 Å². The number of likely N-dealkylation sites (tertiary alicyclic amines) is 1. The van der Waals surface area contributed by atoms with E-state index in [1.54, 1.807) is 40.1 Å². The highest BCUT2D eigenvalue weighted by molar-refractivity contribution is 7.12. The summed E-state index contributed by atoms with van der Waals surface area (Å²) >= 11 is 3.37. The summed E-state index contributed by atoms with van der Waals surface area (Å²) in [6.07, 6.45) is 8.12. The number of nitrogens with zero attached hydrogens (tertiary/aromatic N) is 5. The predicted molar refractivity (Wildman–Crippen MR) is 120 cm³/mol. The number of hydrogen-bond donors (Lipinski definition) is 0. The van der Waals surface area contributed by atoms with Gasteiger partial charge in [0.25, 0.3) is 5.91 Å². The van der Waals surface area contributed by atoms with E-state index in [2.05, 4.69) is 37.8 Å². The normalized spacial score (nSPS) is 20.5. The molecular formula is C22H23N5OS2. The van der Waals surface area contributed by atoms with E-state index in [-0.39, 0.29) is 11.9 Å². The molecule has 0 saturated carbocycles. The quantitative estimate of drug-likeness (QED) is 0.601. The Labute approximate surface area is 183 Å². The number of amides is 1.